The Balaban J connectivity index is 0. The SMILES string of the molecule is C#C.C#C.C/C=C1\CCCC2(C)C1CC[C@@H]2C(C)CCC(C)(C)C(C)(C)O.CC. The topological polar surface area (TPSA) is 20.2 Å². The van der Waals surface area contributed by atoms with Crippen molar-refractivity contribution < 1.29 is 5.11 Å². The van der Waals surface area contributed by atoms with E-state index in [-0.39, 0.29) is 5.41 Å². The Bertz CT molecular complexity index is 507. The summed E-state index contributed by atoms with van der Waals surface area (Å²) in [7, 11) is 0. The lowest BCUT2D eigenvalue weighted by molar-refractivity contribution is -0.0445. The average Bonchev–Trinajstić information content (AvgIpc) is 3.07. The number of rotatable bonds is 5. The minimum Gasteiger partial charge on any atom is -0.390 e. The van der Waals surface area contributed by atoms with Gasteiger partial charge in [-0.1, -0.05) is 53.2 Å². The Morgan fingerprint density at radius 3 is 2.07 bits per heavy atom. The third-order valence-corrected chi connectivity index (χ3v) is 7.98. The van der Waals surface area contributed by atoms with Gasteiger partial charge in [-0.25, -0.2) is 0 Å². The molecule has 0 amide bonds. The van der Waals surface area contributed by atoms with Gasteiger partial charge in [-0.05, 0) is 94.3 Å². The van der Waals surface area contributed by atoms with Crippen molar-refractivity contribution >= 4 is 0 Å². The van der Waals surface area contributed by atoms with E-state index in [0.717, 1.165) is 24.2 Å². The Kier molecular flexibility index (Phi) is 13.7. The number of fused-ring (bicyclic) bond motifs is 1. The van der Waals surface area contributed by atoms with Gasteiger partial charge in [-0.15, -0.1) is 25.7 Å². The molecule has 2 aliphatic rings. The van der Waals surface area contributed by atoms with Crippen LogP contribution in [0, 0.1) is 54.3 Å². The average molecular weight is 403 g/mol. The van der Waals surface area contributed by atoms with Gasteiger partial charge in [0.2, 0.25) is 0 Å². The van der Waals surface area contributed by atoms with Gasteiger partial charge in [0.25, 0.3) is 0 Å². The van der Waals surface area contributed by atoms with E-state index in [9.17, 15) is 5.11 Å². The molecule has 0 heterocycles. The monoisotopic (exact) mass is 402 g/mol. The standard InChI is InChI=1S/C22H40O.C2H6.2C2H2/c1-8-17-10-9-14-22(7)18(11-12-19(17)22)16(2)13-15-20(3,4)21(5,6)23;3*1-2/h8,16,18-19,23H,9-15H2,1-7H3;1-2H3;2*1-2H/b17-8+;;;/t16?,18-,19?,22?;;;/m1.../s1. The first-order valence-corrected chi connectivity index (χ1v) is 11.6. The lowest BCUT2D eigenvalue weighted by Crippen LogP contribution is -2.40. The molecule has 0 spiro atoms. The van der Waals surface area contributed by atoms with Crippen molar-refractivity contribution in [2.75, 3.05) is 0 Å². The molecule has 2 fully saturated rings. The van der Waals surface area contributed by atoms with Crippen LogP contribution in [-0.2, 0) is 0 Å². The number of aliphatic hydroxyl groups is 1. The Hall–Kier alpha value is -1.18. The minimum absolute atomic E-state index is 0.0127. The maximum Gasteiger partial charge on any atom is 0.0642 e. The third-order valence-electron chi connectivity index (χ3n) is 7.98. The zero-order valence-corrected chi connectivity index (χ0v) is 21.0. The third kappa shape index (κ3) is 7.23. The number of terminal acetylenes is 2. The summed E-state index contributed by atoms with van der Waals surface area (Å²) in [5.74, 6) is 2.47. The molecular weight excluding hydrogens is 352 g/mol. The van der Waals surface area contributed by atoms with Gasteiger partial charge < -0.3 is 5.11 Å². The molecule has 1 nitrogen and oxygen atoms in total. The van der Waals surface area contributed by atoms with Crippen LogP contribution < -0.4 is 0 Å². The lowest BCUT2D eigenvalue weighted by Gasteiger charge is -2.45. The van der Waals surface area contributed by atoms with Gasteiger partial charge in [0, 0.05) is 0 Å². The van der Waals surface area contributed by atoms with Crippen molar-refractivity contribution in [1.82, 2.24) is 0 Å². The first-order valence-electron chi connectivity index (χ1n) is 11.6. The molecule has 29 heavy (non-hydrogen) atoms. The van der Waals surface area contributed by atoms with Crippen molar-refractivity contribution in [2.45, 2.75) is 113 Å². The van der Waals surface area contributed by atoms with Crippen LogP contribution in [0.5, 0.6) is 0 Å². The van der Waals surface area contributed by atoms with E-state index in [2.05, 4.69) is 66.4 Å². The lowest BCUT2D eigenvalue weighted by atomic mass is 9.60. The summed E-state index contributed by atoms with van der Waals surface area (Å²) in [6.07, 6.45) is 27.7. The zero-order chi connectivity index (χ0) is 23.5. The van der Waals surface area contributed by atoms with E-state index < -0.39 is 5.60 Å². The summed E-state index contributed by atoms with van der Waals surface area (Å²) >= 11 is 0. The quantitative estimate of drug-likeness (QED) is 0.366. The Morgan fingerprint density at radius 1 is 1.10 bits per heavy atom. The predicted molar refractivity (Wildman–Crippen MR) is 132 cm³/mol. The van der Waals surface area contributed by atoms with Gasteiger partial charge >= 0.3 is 0 Å². The van der Waals surface area contributed by atoms with Crippen LogP contribution in [0.2, 0.25) is 0 Å². The zero-order valence-electron chi connectivity index (χ0n) is 21.0. The van der Waals surface area contributed by atoms with E-state index >= 15 is 0 Å². The van der Waals surface area contributed by atoms with Crippen LogP contribution in [0.3, 0.4) is 0 Å². The first-order chi connectivity index (χ1) is 13.5. The van der Waals surface area contributed by atoms with Crippen LogP contribution in [0.15, 0.2) is 11.6 Å². The summed E-state index contributed by atoms with van der Waals surface area (Å²) in [5, 5.41) is 10.4. The number of hydrogen-bond donors (Lipinski definition) is 1. The van der Waals surface area contributed by atoms with Crippen LogP contribution in [-0.4, -0.2) is 10.7 Å². The van der Waals surface area contributed by atoms with Gasteiger partial charge in [0.1, 0.15) is 0 Å². The fraction of sp³-hybridized carbons (Fsp3) is 0.786. The molecular formula is C28H50O. The molecule has 2 rings (SSSR count). The van der Waals surface area contributed by atoms with E-state index in [0.29, 0.717) is 5.41 Å². The van der Waals surface area contributed by atoms with E-state index in [4.69, 9.17) is 0 Å². The summed E-state index contributed by atoms with van der Waals surface area (Å²) < 4.78 is 0. The molecule has 0 aliphatic heterocycles. The van der Waals surface area contributed by atoms with Crippen LogP contribution >= 0.6 is 0 Å². The Morgan fingerprint density at radius 2 is 1.62 bits per heavy atom. The normalized spacial score (nSPS) is 28.4. The molecule has 0 radical (unpaired) electrons. The maximum atomic E-state index is 10.4. The van der Waals surface area contributed by atoms with Crippen LogP contribution in [0.1, 0.15) is 107 Å². The molecule has 0 aromatic rings. The molecule has 2 aliphatic carbocycles. The van der Waals surface area contributed by atoms with Crippen LogP contribution in [0.25, 0.3) is 0 Å². The second kappa shape index (κ2) is 13.2. The minimum atomic E-state index is -0.599. The molecule has 3 unspecified atom stereocenters. The van der Waals surface area contributed by atoms with Crippen molar-refractivity contribution in [1.29, 1.82) is 0 Å². The van der Waals surface area contributed by atoms with Crippen LogP contribution in [0.4, 0.5) is 0 Å². The summed E-state index contributed by atoms with van der Waals surface area (Å²) in [6.45, 7) is 19.7. The fourth-order valence-electron chi connectivity index (χ4n) is 5.46. The number of allylic oxidation sites excluding steroid dienone is 2. The smallest absolute Gasteiger partial charge is 0.0642 e. The predicted octanol–water partition coefficient (Wildman–Crippen LogP) is 7.89. The van der Waals surface area contributed by atoms with E-state index in [1.165, 1.54) is 38.5 Å². The largest absolute Gasteiger partial charge is 0.390 e. The van der Waals surface area contributed by atoms with Crippen molar-refractivity contribution in [2.24, 2.45) is 28.6 Å². The highest BCUT2D eigenvalue weighted by atomic mass is 16.3. The van der Waals surface area contributed by atoms with Gasteiger partial charge in [0.05, 0.1) is 5.60 Å². The highest BCUT2D eigenvalue weighted by molar-refractivity contribution is 5.17. The fourth-order valence-corrected chi connectivity index (χ4v) is 5.46. The highest BCUT2D eigenvalue weighted by Crippen LogP contribution is 2.60. The van der Waals surface area contributed by atoms with Crippen molar-refractivity contribution in [3.05, 3.63) is 11.6 Å². The van der Waals surface area contributed by atoms with Crippen molar-refractivity contribution in [3.63, 3.8) is 0 Å². The molecule has 1 N–H and O–H groups in total. The molecule has 4 atom stereocenters. The second-order valence-electron chi connectivity index (χ2n) is 9.92. The number of hydrogen-bond acceptors (Lipinski definition) is 1. The van der Waals surface area contributed by atoms with Gasteiger partial charge in [-0.2, -0.15) is 0 Å². The molecule has 0 saturated heterocycles. The molecule has 0 aromatic heterocycles. The second-order valence-corrected chi connectivity index (χ2v) is 9.92. The summed E-state index contributed by atoms with van der Waals surface area (Å²) in [6, 6.07) is 0. The maximum absolute atomic E-state index is 10.4. The molecule has 0 bridgehead atoms. The molecule has 2 saturated carbocycles. The molecule has 168 valence electrons. The molecule has 1 heteroatoms. The van der Waals surface area contributed by atoms with E-state index in [1.807, 2.05) is 27.7 Å². The van der Waals surface area contributed by atoms with E-state index in [1.54, 1.807) is 5.57 Å². The Labute approximate surface area is 184 Å². The molecule has 0 aromatic carbocycles. The van der Waals surface area contributed by atoms with Gasteiger partial charge in [0.15, 0.2) is 0 Å². The van der Waals surface area contributed by atoms with Gasteiger partial charge in [-0.3, -0.25) is 0 Å². The highest BCUT2D eigenvalue weighted by Gasteiger charge is 2.50. The van der Waals surface area contributed by atoms with Crippen molar-refractivity contribution in [3.8, 4) is 25.7 Å². The summed E-state index contributed by atoms with van der Waals surface area (Å²) in [5.41, 5.74) is 1.66. The summed E-state index contributed by atoms with van der Waals surface area (Å²) in [4.78, 5) is 0. The first kappa shape index (κ1) is 30.0.